The lowest BCUT2D eigenvalue weighted by atomic mass is 10.0. The number of benzene rings is 3. The number of anilines is 1. The first-order chi connectivity index (χ1) is 19.6. The molecule has 0 radical (unpaired) electrons. The third-order valence-electron chi connectivity index (χ3n) is 6.48. The van der Waals surface area contributed by atoms with Gasteiger partial charge in [-0.15, -0.1) is 0 Å². The number of hydrogen-bond acceptors (Lipinski definition) is 5. The van der Waals surface area contributed by atoms with Crippen molar-refractivity contribution in [3.05, 3.63) is 95.0 Å². The summed E-state index contributed by atoms with van der Waals surface area (Å²) in [5, 5.41) is 3.51. The van der Waals surface area contributed by atoms with Crippen LogP contribution in [-0.2, 0) is 32.6 Å². The van der Waals surface area contributed by atoms with E-state index in [1.165, 1.54) is 4.90 Å². The fourth-order valence-corrected chi connectivity index (χ4v) is 5.36. The van der Waals surface area contributed by atoms with Gasteiger partial charge in [0.25, 0.3) is 0 Å². The molecule has 0 saturated carbocycles. The van der Waals surface area contributed by atoms with Crippen molar-refractivity contribution in [2.45, 2.75) is 45.7 Å². The van der Waals surface area contributed by atoms with Crippen LogP contribution in [0, 0.1) is 0 Å². The Morgan fingerprint density at radius 1 is 0.927 bits per heavy atom. The topological polar surface area (TPSA) is 96.0 Å². The molecule has 2 amide bonds. The molecule has 3 aromatic rings. The van der Waals surface area contributed by atoms with E-state index < -0.39 is 28.5 Å². The van der Waals surface area contributed by atoms with E-state index >= 15 is 0 Å². The quantitative estimate of drug-likeness (QED) is 0.246. The smallest absolute Gasteiger partial charge is 0.244 e. The summed E-state index contributed by atoms with van der Waals surface area (Å²) in [6.45, 7) is 4.20. The summed E-state index contributed by atoms with van der Waals surface area (Å²) in [6, 6.07) is 22.2. The van der Waals surface area contributed by atoms with Crippen LogP contribution in [0.5, 0.6) is 5.75 Å². The van der Waals surface area contributed by atoms with Crippen LogP contribution < -0.4 is 14.4 Å². The van der Waals surface area contributed by atoms with Crippen LogP contribution in [0.25, 0.3) is 0 Å². The largest absolute Gasteiger partial charge is 0.492 e. The number of halogens is 1. The van der Waals surface area contributed by atoms with Crippen LogP contribution in [0.4, 0.5) is 5.69 Å². The molecule has 0 aliphatic carbocycles. The minimum absolute atomic E-state index is 0.0827. The van der Waals surface area contributed by atoms with Crippen LogP contribution in [0.15, 0.2) is 78.9 Å². The number of nitrogens with one attached hydrogen (secondary N) is 1. The molecule has 1 atom stereocenters. The molecule has 0 spiro atoms. The van der Waals surface area contributed by atoms with Gasteiger partial charge in [0.1, 0.15) is 18.3 Å². The van der Waals surface area contributed by atoms with E-state index in [4.69, 9.17) is 16.3 Å². The molecule has 3 aromatic carbocycles. The Morgan fingerprint density at radius 2 is 1.59 bits per heavy atom. The molecule has 0 aliphatic heterocycles. The number of para-hydroxylation sites is 2. The average Bonchev–Trinajstić information content (AvgIpc) is 2.95. The van der Waals surface area contributed by atoms with Gasteiger partial charge >= 0.3 is 0 Å². The fourth-order valence-electron chi connectivity index (χ4n) is 4.38. The van der Waals surface area contributed by atoms with Gasteiger partial charge in [0.05, 0.1) is 18.6 Å². The van der Waals surface area contributed by atoms with Gasteiger partial charge in [0.2, 0.25) is 21.8 Å². The van der Waals surface area contributed by atoms with Gasteiger partial charge in [-0.25, -0.2) is 8.42 Å². The number of nitrogens with zero attached hydrogens (tertiary/aromatic N) is 2. The van der Waals surface area contributed by atoms with Crippen molar-refractivity contribution in [1.82, 2.24) is 10.2 Å². The summed E-state index contributed by atoms with van der Waals surface area (Å²) in [5.74, 6) is -0.482. The van der Waals surface area contributed by atoms with Crippen LogP contribution in [0.2, 0.25) is 5.02 Å². The second-order valence-corrected chi connectivity index (χ2v) is 12.0. The molecule has 0 saturated heterocycles. The van der Waals surface area contributed by atoms with E-state index in [9.17, 15) is 18.0 Å². The molecule has 41 heavy (non-hydrogen) atoms. The third kappa shape index (κ3) is 9.50. The Kier molecular flexibility index (Phi) is 12.0. The Bertz CT molecular complexity index is 1380. The molecule has 1 unspecified atom stereocenters. The molecule has 0 bridgehead atoms. The molecule has 8 nitrogen and oxygen atoms in total. The van der Waals surface area contributed by atoms with Crippen molar-refractivity contribution < 1.29 is 22.7 Å². The van der Waals surface area contributed by atoms with Gasteiger partial charge in [-0.2, -0.15) is 0 Å². The molecule has 3 rings (SSSR count). The number of amides is 2. The van der Waals surface area contributed by atoms with Crippen LogP contribution in [0.1, 0.15) is 37.8 Å². The van der Waals surface area contributed by atoms with E-state index in [-0.39, 0.29) is 24.6 Å². The van der Waals surface area contributed by atoms with Gasteiger partial charge in [-0.05, 0) is 48.7 Å². The zero-order chi connectivity index (χ0) is 29.8. The van der Waals surface area contributed by atoms with E-state index in [2.05, 4.69) is 5.32 Å². The van der Waals surface area contributed by atoms with Crippen molar-refractivity contribution in [2.75, 3.05) is 30.3 Å². The van der Waals surface area contributed by atoms with Crippen molar-refractivity contribution in [3.8, 4) is 5.75 Å². The average molecular weight is 600 g/mol. The van der Waals surface area contributed by atoms with E-state index in [0.717, 1.165) is 34.5 Å². The lowest BCUT2D eigenvalue weighted by Gasteiger charge is -2.33. The molecule has 0 heterocycles. The van der Waals surface area contributed by atoms with Crippen LogP contribution in [-0.4, -0.2) is 57.1 Å². The summed E-state index contributed by atoms with van der Waals surface area (Å²) in [6.07, 6.45) is 3.00. The number of hydrogen-bond donors (Lipinski definition) is 1. The zero-order valence-electron chi connectivity index (χ0n) is 23.8. The summed E-state index contributed by atoms with van der Waals surface area (Å²) < 4.78 is 32.7. The van der Waals surface area contributed by atoms with Crippen molar-refractivity contribution >= 4 is 39.1 Å². The molecule has 220 valence electrons. The molecular weight excluding hydrogens is 562 g/mol. The van der Waals surface area contributed by atoms with Crippen LogP contribution in [0.3, 0.4) is 0 Å². The standard InChI is InChI=1S/C31H38ClN3O5S/c1-4-6-20-33-31(37)28(21-24-12-8-7-9-13-24)34(22-25-16-18-26(32)19-17-25)30(36)23-35(41(3,38)39)27-14-10-11-15-29(27)40-5-2/h7-19,28H,4-6,20-23H2,1-3H3,(H,33,37). The normalized spacial score (nSPS) is 11.9. The number of unbranched alkanes of at least 4 members (excludes halogenated alkanes) is 1. The highest BCUT2D eigenvalue weighted by Crippen LogP contribution is 2.30. The van der Waals surface area contributed by atoms with Gasteiger partial charge in [-0.3, -0.25) is 13.9 Å². The van der Waals surface area contributed by atoms with E-state index in [1.54, 1.807) is 55.5 Å². The first-order valence-corrected chi connectivity index (χ1v) is 15.9. The first kappa shape index (κ1) is 32.0. The second kappa shape index (κ2) is 15.4. The predicted molar refractivity (Wildman–Crippen MR) is 164 cm³/mol. The summed E-state index contributed by atoms with van der Waals surface area (Å²) in [7, 11) is -3.90. The monoisotopic (exact) mass is 599 g/mol. The van der Waals surface area contributed by atoms with Gasteiger partial charge in [0.15, 0.2) is 0 Å². The highest BCUT2D eigenvalue weighted by Gasteiger charge is 2.33. The second-order valence-electron chi connectivity index (χ2n) is 9.67. The Hall–Kier alpha value is -3.56. The molecule has 10 heteroatoms. The Balaban J connectivity index is 2.05. The lowest BCUT2D eigenvalue weighted by molar-refractivity contribution is -0.140. The first-order valence-electron chi connectivity index (χ1n) is 13.7. The third-order valence-corrected chi connectivity index (χ3v) is 7.86. The number of rotatable bonds is 15. The minimum Gasteiger partial charge on any atom is -0.492 e. The maximum Gasteiger partial charge on any atom is 0.244 e. The number of carbonyl (C=O) groups is 2. The molecule has 0 aromatic heterocycles. The van der Waals surface area contributed by atoms with Gasteiger partial charge in [-0.1, -0.05) is 79.5 Å². The van der Waals surface area contributed by atoms with E-state index in [1.807, 2.05) is 37.3 Å². The number of ether oxygens (including phenoxy) is 1. The lowest BCUT2D eigenvalue weighted by Crippen LogP contribution is -2.53. The highest BCUT2D eigenvalue weighted by molar-refractivity contribution is 7.92. The molecule has 0 aliphatic rings. The van der Waals surface area contributed by atoms with E-state index in [0.29, 0.717) is 23.9 Å². The predicted octanol–water partition coefficient (Wildman–Crippen LogP) is 5.06. The van der Waals surface area contributed by atoms with Gasteiger partial charge < -0.3 is 15.0 Å². The molecule has 1 N–H and O–H groups in total. The Morgan fingerprint density at radius 3 is 2.22 bits per heavy atom. The summed E-state index contributed by atoms with van der Waals surface area (Å²) >= 11 is 6.10. The fraction of sp³-hybridized carbons (Fsp3) is 0.355. The maximum absolute atomic E-state index is 14.2. The number of sulfonamides is 1. The van der Waals surface area contributed by atoms with Crippen molar-refractivity contribution in [2.24, 2.45) is 0 Å². The molecule has 0 fully saturated rings. The Labute approximate surface area is 248 Å². The number of carbonyl (C=O) groups excluding carboxylic acids is 2. The maximum atomic E-state index is 14.2. The van der Waals surface area contributed by atoms with Gasteiger partial charge in [0, 0.05) is 24.5 Å². The summed E-state index contributed by atoms with van der Waals surface area (Å²) in [4.78, 5) is 29.2. The van der Waals surface area contributed by atoms with Crippen molar-refractivity contribution in [3.63, 3.8) is 0 Å². The highest BCUT2D eigenvalue weighted by atomic mass is 35.5. The molecular formula is C31H38ClN3O5S. The minimum atomic E-state index is -3.90. The zero-order valence-corrected chi connectivity index (χ0v) is 25.3. The summed E-state index contributed by atoms with van der Waals surface area (Å²) in [5.41, 5.74) is 1.88. The SMILES string of the molecule is CCCCNC(=O)C(Cc1ccccc1)N(Cc1ccc(Cl)cc1)C(=O)CN(c1ccccc1OCC)S(C)(=O)=O. The van der Waals surface area contributed by atoms with Crippen molar-refractivity contribution in [1.29, 1.82) is 0 Å². The van der Waals surface area contributed by atoms with Crippen LogP contribution >= 0.6 is 11.6 Å².